The summed E-state index contributed by atoms with van der Waals surface area (Å²) in [7, 11) is 2.17. The lowest BCUT2D eigenvalue weighted by molar-refractivity contribution is 0.311. The standard InChI is InChI=1S/C20H28N6/c1-17-4-3-5-18(16-17)24-12-14-25(15-13-24)19-6-7-21-20(22-19)26-10-8-23(2)9-11-26/h3-7,16H,8-15H2,1-2H3. The average Bonchev–Trinajstić information content (AvgIpc) is 2.69. The van der Waals surface area contributed by atoms with Gasteiger partial charge in [0.1, 0.15) is 5.82 Å². The lowest BCUT2D eigenvalue weighted by atomic mass is 10.2. The van der Waals surface area contributed by atoms with Gasteiger partial charge in [-0.3, -0.25) is 0 Å². The van der Waals surface area contributed by atoms with Crippen LogP contribution in [0.2, 0.25) is 0 Å². The number of rotatable bonds is 3. The molecule has 1 aromatic heterocycles. The van der Waals surface area contributed by atoms with Gasteiger partial charge in [-0.05, 0) is 37.7 Å². The molecular formula is C20H28N6. The molecule has 2 fully saturated rings. The number of aryl methyl sites for hydroxylation is 1. The van der Waals surface area contributed by atoms with E-state index < -0.39 is 0 Å². The number of nitrogens with zero attached hydrogens (tertiary/aromatic N) is 6. The summed E-state index contributed by atoms with van der Waals surface area (Å²) in [6.07, 6.45) is 1.91. The fourth-order valence-corrected chi connectivity index (χ4v) is 3.69. The molecule has 2 aromatic rings. The van der Waals surface area contributed by atoms with Gasteiger partial charge in [0.15, 0.2) is 0 Å². The zero-order valence-electron chi connectivity index (χ0n) is 15.8. The van der Waals surface area contributed by atoms with Crippen LogP contribution in [0.3, 0.4) is 0 Å². The minimum Gasteiger partial charge on any atom is -0.368 e. The smallest absolute Gasteiger partial charge is 0.227 e. The zero-order chi connectivity index (χ0) is 17.9. The molecule has 0 radical (unpaired) electrons. The van der Waals surface area contributed by atoms with E-state index in [1.165, 1.54) is 11.3 Å². The molecule has 0 atom stereocenters. The van der Waals surface area contributed by atoms with Gasteiger partial charge in [-0.2, -0.15) is 4.98 Å². The maximum atomic E-state index is 4.86. The molecule has 26 heavy (non-hydrogen) atoms. The number of benzene rings is 1. The predicted octanol–water partition coefficient (Wildman–Crippen LogP) is 1.86. The Hall–Kier alpha value is -2.34. The second-order valence-corrected chi connectivity index (χ2v) is 7.32. The number of piperazine rings is 2. The third kappa shape index (κ3) is 3.75. The molecule has 0 unspecified atom stereocenters. The number of aromatic nitrogens is 2. The normalized spacial score (nSPS) is 19.1. The first kappa shape index (κ1) is 17.1. The van der Waals surface area contributed by atoms with Crippen molar-refractivity contribution in [3.63, 3.8) is 0 Å². The Bertz CT molecular complexity index is 733. The van der Waals surface area contributed by atoms with Crippen molar-refractivity contribution >= 4 is 17.5 Å². The van der Waals surface area contributed by atoms with Crippen LogP contribution in [0.15, 0.2) is 36.5 Å². The average molecular weight is 352 g/mol. The van der Waals surface area contributed by atoms with Crippen molar-refractivity contribution in [2.75, 3.05) is 74.1 Å². The zero-order valence-corrected chi connectivity index (χ0v) is 15.8. The Morgan fingerprint density at radius 1 is 0.808 bits per heavy atom. The summed E-state index contributed by atoms with van der Waals surface area (Å²) in [6.45, 7) is 10.3. The first-order valence-corrected chi connectivity index (χ1v) is 9.52. The highest BCUT2D eigenvalue weighted by atomic mass is 15.3. The van der Waals surface area contributed by atoms with Gasteiger partial charge in [0.05, 0.1) is 0 Å². The van der Waals surface area contributed by atoms with Crippen LogP contribution in [-0.2, 0) is 0 Å². The van der Waals surface area contributed by atoms with Gasteiger partial charge in [0.25, 0.3) is 0 Å². The molecule has 0 saturated carbocycles. The number of likely N-dealkylation sites (N-methyl/N-ethyl adjacent to an activating group) is 1. The highest BCUT2D eigenvalue weighted by Crippen LogP contribution is 2.21. The SMILES string of the molecule is Cc1cccc(N2CCN(c3ccnc(N4CCN(C)CC4)n3)CC2)c1. The van der Waals surface area contributed by atoms with E-state index in [9.17, 15) is 0 Å². The van der Waals surface area contributed by atoms with Crippen molar-refractivity contribution in [1.82, 2.24) is 14.9 Å². The molecule has 2 aliphatic heterocycles. The van der Waals surface area contributed by atoms with Crippen molar-refractivity contribution in [3.8, 4) is 0 Å². The quantitative estimate of drug-likeness (QED) is 0.840. The molecule has 2 aliphatic rings. The van der Waals surface area contributed by atoms with Gasteiger partial charge in [-0.25, -0.2) is 4.98 Å². The van der Waals surface area contributed by atoms with Crippen molar-refractivity contribution in [1.29, 1.82) is 0 Å². The van der Waals surface area contributed by atoms with Crippen LogP contribution in [0.4, 0.5) is 17.5 Å². The van der Waals surface area contributed by atoms with E-state index >= 15 is 0 Å². The molecule has 1 aromatic carbocycles. The molecule has 3 heterocycles. The van der Waals surface area contributed by atoms with Gasteiger partial charge >= 0.3 is 0 Å². The van der Waals surface area contributed by atoms with E-state index in [0.717, 1.165) is 64.1 Å². The van der Waals surface area contributed by atoms with Crippen LogP contribution in [-0.4, -0.2) is 74.3 Å². The highest BCUT2D eigenvalue weighted by molar-refractivity contribution is 5.51. The van der Waals surface area contributed by atoms with Crippen LogP contribution in [0, 0.1) is 6.92 Å². The second-order valence-electron chi connectivity index (χ2n) is 7.32. The summed E-state index contributed by atoms with van der Waals surface area (Å²) in [5.74, 6) is 1.93. The van der Waals surface area contributed by atoms with E-state index in [4.69, 9.17) is 4.98 Å². The van der Waals surface area contributed by atoms with Gasteiger partial charge in [-0.1, -0.05) is 12.1 Å². The molecule has 6 nitrogen and oxygen atoms in total. The minimum atomic E-state index is 0.872. The third-order valence-corrected chi connectivity index (χ3v) is 5.38. The van der Waals surface area contributed by atoms with Crippen LogP contribution in [0.25, 0.3) is 0 Å². The largest absolute Gasteiger partial charge is 0.368 e. The molecule has 0 aliphatic carbocycles. The molecule has 4 rings (SSSR count). The Balaban J connectivity index is 1.41. The van der Waals surface area contributed by atoms with Crippen LogP contribution >= 0.6 is 0 Å². The Morgan fingerprint density at radius 2 is 1.50 bits per heavy atom. The minimum absolute atomic E-state index is 0.872. The van der Waals surface area contributed by atoms with Gasteiger partial charge in [0, 0.05) is 64.2 Å². The van der Waals surface area contributed by atoms with E-state index in [-0.39, 0.29) is 0 Å². The number of hydrogen-bond acceptors (Lipinski definition) is 6. The van der Waals surface area contributed by atoms with Gasteiger partial charge < -0.3 is 19.6 Å². The monoisotopic (exact) mass is 352 g/mol. The first-order valence-electron chi connectivity index (χ1n) is 9.52. The Morgan fingerprint density at radius 3 is 2.23 bits per heavy atom. The Labute approximate surface area is 156 Å². The summed E-state index contributed by atoms with van der Waals surface area (Å²) in [6, 6.07) is 10.8. The summed E-state index contributed by atoms with van der Waals surface area (Å²) in [5.41, 5.74) is 2.64. The summed E-state index contributed by atoms with van der Waals surface area (Å²) in [5, 5.41) is 0. The number of anilines is 3. The number of hydrogen-bond donors (Lipinski definition) is 0. The van der Waals surface area contributed by atoms with Crippen LogP contribution in [0.1, 0.15) is 5.56 Å². The van der Waals surface area contributed by atoms with Crippen molar-refractivity contribution < 1.29 is 0 Å². The predicted molar refractivity (Wildman–Crippen MR) is 107 cm³/mol. The van der Waals surface area contributed by atoms with Crippen molar-refractivity contribution in [3.05, 3.63) is 42.1 Å². The van der Waals surface area contributed by atoms with E-state index in [1.807, 2.05) is 12.3 Å². The molecule has 0 N–H and O–H groups in total. The molecule has 6 heteroatoms. The van der Waals surface area contributed by atoms with Gasteiger partial charge in [0.2, 0.25) is 5.95 Å². The summed E-state index contributed by atoms with van der Waals surface area (Å²) >= 11 is 0. The summed E-state index contributed by atoms with van der Waals surface area (Å²) < 4.78 is 0. The molecule has 2 saturated heterocycles. The van der Waals surface area contributed by atoms with E-state index in [1.54, 1.807) is 0 Å². The molecular weight excluding hydrogens is 324 g/mol. The van der Waals surface area contributed by atoms with E-state index in [2.05, 4.69) is 62.8 Å². The fraction of sp³-hybridized carbons (Fsp3) is 0.500. The Kier molecular flexibility index (Phi) is 4.93. The third-order valence-electron chi connectivity index (χ3n) is 5.38. The molecule has 0 amide bonds. The topological polar surface area (TPSA) is 38.7 Å². The van der Waals surface area contributed by atoms with Crippen LogP contribution < -0.4 is 14.7 Å². The lowest BCUT2D eigenvalue weighted by Crippen LogP contribution is -2.47. The fourth-order valence-electron chi connectivity index (χ4n) is 3.69. The second kappa shape index (κ2) is 7.50. The maximum absolute atomic E-state index is 4.86. The maximum Gasteiger partial charge on any atom is 0.227 e. The summed E-state index contributed by atoms with van der Waals surface area (Å²) in [4.78, 5) is 18.9. The van der Waals surface area contributed by atoms with Crippen LogP contribution in [0.5, 0.6) is 0 Å². The molecule has 138 valence electrons. The molecule has 0 spiro atoms. The van der Waals surface area contributed by atoms with Crippen molar-refractivity contribution in [2.24, 2.45) is 0 Å². The van der Waals surface area contributed by atoms with Gasteiger partial charge in [-0.15, -0.1) is 0 Å². The highest BCUT2D eigenvalue weighted by Gasteiger charge is 2.21. The first-order chi connectivity index (χ1) is 12.7. The van der Waals surface area contributed by atoms with Crippen molar-refractivity contribution in [2.45, 2.75) is 6.92 Å². The van der Waals surface area contributed by atoms with E-state index in [0.29, 0.717) is 0 Å². The lowest BCUT2D eigenvalue weighted by Gasteiger charge is -2.37. The molecule has 0 bridgehead atoms.